The number of methoxy groups -OCH3 is 1. The van der Waals surface area contributed by atoms with Crippen molar-refractivity contribution in [2.24, 2.45) is 0 Å². The molecule has 3 aromatic rings. The molecular formula is C21H20O3. The topological polar surface area (TPSA) is 35.5 Å². The third-order valence-corrected chi connectivity index (χ3v) is 3.99. The van der Waals surface area contributed by atoms with Crippen LogP contribution < -0.4 is 4.74 Å². The summed E-state index contributed by atoms with van der Waals surface area (Å²) in [6.07, 6.45) is 1.07. The fraction of sp³-hybridized carbons (Fsp3) is 0.190. The van der Waals surface area contributed by atoms with Crippen molar-refractivity contribution in [3.8, 4) is 5.75 Å². The van der Waals surface area contributed by atoms with E-state index in [1.54, 1.807) is 0 Å². The molecule has 24 heavy (non-hydrogen) atoms. The Hall–Kier alpha value is -2.81. The number of aryl methyl sites for hydroxylation is 1. The minimum atomic E-state index is -0.188. The molecule has 0 saturated carbocycles. The van der Waals surface area contributed by atoms with E-state index in [-0.39, 0.29) is 5.97 Å². The molecule has 0 unspecified atom stereocenters. The van der Waals surface area contributed by atoms with E-state index >= 15 is 0 Å². The fourth-order valence-corrected chi connectivity index (χ4v) is 2.60. The monoisotopic (exact) mass is 320 g/mol. The summed E-state index contributed by atoms with van der Waals surface area (Å²) in [6, 6.07) is 22.5. The number of rotatable bonds is 6. The van der Waals surface area contributed by atoms with Crippen LogP contribution in [-0.2, 0) is 22.6 Å². The van der Waals surface area contributed by atoms with Crippen molar-refractivity contribution in [1.82, 2.24) is 0 Å². The van der Waals surface area contributed by atoms with Crippen LogP contribution in [0.3, 0.4) is 0 Å². The smallest absolute Gasteiger partial charge is 0.305 e. The van der Waals surface area contributed by atoms with Gasteiger partial charge in [0.05, 0.1) is 7.11 Å². The number of benzene rings is 3. The van der Waals surface area contributed by atoms with E-state index in [2.05, 4.69) is 35.1 Å². The van der Waals surface area contributed by atoms with E-state index in [4.69, 9.17) is 4.74 Å². The van der Waals surface area contributed by atoms with Gasteiger partial charge >= 0.3 is 5.97 Å². The zero-order valence-corrected chi connectivity index (χ0v) is 13.7. The van der Waals surface area contributed by atoms with Crippen molar-refractivity contribution in [3.05, 3.63) is 77.9 Å². The highest BCUT2D eigenvalue weighted by Crippen LogP contribution is 2.18. The van der Waals surface area contributed by atoms with Crippen LogP contribution in [0.25, 0.3) is 10.8 Å². The largest absolute Gasteiger partial charge is 0.489 e. The summed E-state index contributed by atoms with van der Waals surface area (Å²) in [4.78, 5) is 11.2. The zero-order chi connectivity index (χ0) is 16.8. The van der Waals surface area contributed by atoms with Crippen molar-refractivity contribution in [2.45, 2.75) is 19.4 Å². The second-order valence-electron chi connectivity index (χ2n) is 5.69. The molecule has 3 heteroatoms. The van der Waals surface area contributed by atoms with Gasteiger partial charge in [0.25, 0.3) is 0 Å². The van der Waals surface area contributed by atoms with Crippen LogP contribution in [0.4, 0.5) is 0 Å². The van der Waals surface area contributed by atoms with Crippen LogP contribution in [0.1, 0.15) is 17.5 Å². The van der Waals surface area contributed by atoms with Crippen molar-refractivity contribution in [3.63, 3.8) is 0 Å². The lowest BCUT2D eigenvalue weighted by atomic mass is 10.1. The van der Waals surface area contributed by atoms with E-state index in [0.717, 1.165) is 16.9 Å². The van der Waals surface area contributed by atoms with E-state index < -0.39 is 0 Å². The summed E-state index contributed by atoms with van der Waals surface area (Å²) >= 11 is 0. The first-order valence-corrected chi connectivity index (χ1v) is 8.01. The molecule has 0 bridgehead atoms. The molecule has 0 fully saturated rings. The zero-order valence-electron chi connectivity index (χ0n) is 13.7. The molecule has 0 aliphatic rings. The molecular weight excluding hydrogens is 300 g/mol. The Balaban J connectivity index is 1.58. The van der Waals surface area contributed by atoms with Gasteiger partial charge in [0.1, 0.15) is 12.4 Å². The van der Waals surface area contributed by atoms with Gasteiger partial charge < -0.3 is 9.47 Å². The van der Waals surface area contributed by atoms with E-state index in [9.17, 15) is 4.79 Å². The molecule has 122 valence electrons. The first-order chi connectivity index (χ1) is 11.7. The van der Waals surface area contributed by atoms with Crippen LogP contribution in [0.5, 0.6) is 5.75 Å². The van der Waals surface area contributed by atoms with Crippen LogP contribution in [-0.4, -0.2) is 13.1 Å². The number of esters is 1. The first kappa shape index (κ1) is 16.1. The van der Waals surface area contributed by atoms with Gasteiger partial charge in [-0.15, -0.1) is 0 Å². The van der Waals surface area contributed by atoms with E-state index in [1.165, 1.54) is 17.9 Å². The van der Waals surface area contributed by atoms with Crippen molar-refractivity contribution in [1.29, 1.82) is 0 Å². The molecule has 0 N–H and O–H groups in total. The van der Waals surface area contributed by atoms with E-state index in [1.807, 2.05) is 36.4 Å². The normalized spacial score (nSPS) is 10.5. The number of hydrogen-bond donors (Lipinski definition) is 0. The maximum atomic E-state index is 11.2. The maximum absolute atomic E-state index is 11.2. The van der Waals surface area contributed by atoms with Crippen molar-refractivity contribution >= 4 is 16.7 Å². The molecule has 0 radical (unpaired) electrons. The maximum Gasteiger partial charge on any atom is 0.305 e. The molecule has 0 saturated heterocycles. The lowest BCUT2D eigenvalue weighted by molar-refractivity contribution is -0.140. The Morgan fingerprint density at radius 3 is 2.33 bits per heavy atom. The van der Waals surface area contributed by atoms with Crippen LogP contribution in [0.15, 0.2) is 66.7 Å². The van der Waals surface area contributed by atoms with Gasteiger partial charge in [-0.1, -0.05) is 48.5 Å². The second kappa shape index (κ2) is 7.64. The number of ether oxygens (including phenoxy) is 2. The highest BCUT2D eigenvalue weighted by atomic mass is 16.5. The van der Waals surface area contributed by atoms with Gasteiger partial charge in [-0.05, 0) is 46.5 Å². The predicted octanol–water partition coefficient (Wildman–Crippen LogP) is 4.52. The molecule has 0 aliphatic carbocycles. The Morgan fingerprint density at radius 2 is 1.58 bits per heavy atom. The minimum absolute atomic E-state index is 0.188. The molecule has 0 atom stereocenters. The first-order valence-electron chi connectivity index (χ1n) is 8.01. The quantitative estimate of drug-likeness (QED) is 0.626. The lowest BCUT2D eigenvalue weighted by Crippen LogP contribution is -2.01. The number of hydrogen-bond acceptors (Lipinski definition) is 3. The number of carbonyl (C=O) groups is 1. The Labute approximate surface area is 141 Å². The lowest BCUT2D eigenvalue weighted by Gasteiger charge is -2.08. The number of fused-ring (bicyclic) bond motifs is 1. The molecule has 0 aliphatic heterocycles. The van der Waals surface area contributed by atoms with Crippen molar-refractivity contribution in [2.75, 3.05) is 7.11 Å². The molecule has 3 nitrogen and oxygen atoms in total. The third-order valence-electron chi connectivity index (χ3n) is 3.99. The Kier molecular flexibility index (Phi) is 5.12. The molecule has 0 heterocycles. The summed E-state index contributed by atoms with van der Waals surface area (Å²) in [6.45, 7) is 0.534. The SMILES string of the molecule is COC(=O)CCc1ccc(OCc2ccc3ccccc3c2)cc1. The van der Waals surface area contributed by atoms with Crippen LogP contribution >= 0.6 is 0 Å². The number of carbonyl (C=O) groups excluding carboxylic acids is 1. The Bertz CT molecular complexity index is 822. The molecule has 3 rings (SSSR count). The van der Waals surface area contributed by atoms with Gasteiger partial charge in [-0.25, -0.2) is 0 Å². The van der Waals surface area contributed by atoms with Gasteiger partial charge in [0.2, 0.25) is 0 Å². The van der Waals surface area contributed by atoms with Crippen LogP contribution in [0, 0.1) is 0 Å². The second-order valence-corrected chi connectivity index (χ2v) is 5.69. The van der Waals surface area contributed by atoms with E-state index in [0.29, 0.717) is 19.4 Å². The summed E-state index contributed by atoms with van der Waals surface area (Å²) in [5.41, 5.74) is 2.24. The summed E-state index contributed by atoms with van der Waals surface area (Å²) in [5.74, 6) is 0.636. The predicted molar refractivity (Wildman–Crippen MR) is 95.1 cm³/mol. The summed E-state index contributed by atoms with van der Waals surface area (Å²) < 4.78 is 10.5. The fourth-order valence-electron chi connectivity index (χ4n) is 2.60. The van der Waals surface area contributed by atoms with Crippen molar-refractivity contribution < 1.29 is 14.3 Å². The molecule has 0 spiro atoms. The molecule has 0 aromatic heterocycles. The Morgan fingerprint density at radius 1 is 0.875 bits per heavy atom. The van der Waals surface area contributed by atoms with Gasteiger partial charge in [-0.2, -0.15) is 0 Å². The van der Waals surface area contributed by atoms with Crippen LogP contribution in [0.2, 0.25) is 0 Å². The minimum Gasteiger partial charge on any atom is -0.489 e. The van der Waals surface area contributed by atoms with Gasteiger partial charge in [0, 0.05) is 6.42 Å². The molecule has 3 aromatic carbocycles. The summed E-state index contributed by atoms with van der Waals surface area (Å²) in [7, 11) is 1.41. The average Bonchev–Trinajstić information content (AvgIpc) is 2.65. The highest BCUT2D eigenvalue weighted by molar-refractivity contribution is 5.82. The van der Waals surface area contributed by atoms with Gasteiger partial charge in [0.15, 0.2) is 0 Å². The molecule has 0 amide bonds. The average molecular weight is 320 g/mol. The summed E-state index contributed by atoms with van der Waals surface area (Å²) in [5, 5.41) is 2.45. The van der Waals surface area contributed by atoms with Gasteiger partial charge in [-0.3, -0.25) is 4.79 Å². The standard InChI is InChI=1S/C21H20O3/c1-23-21(22)13-9-16-7-11-20(12-8-16)24-15-17-6-10-18-4-2-3-5-19(18)14-17/h2-8,10-12,14H,9,13,15H2,1H3. The highest BCUT2D eigenvalue weighted by Gasteiger charge is 2.02. The third kappa shape index (κ3) is 4.13.